The van der Waals surface area contributed by atoms with E-state index in [4.69, 9.17) is 0 Å². The summed E-state index contributed by atoms with van der Waals surface area (Å²) in [7, 11) is 0. The van der Waals surface area contributed by atoms with E-state index < -0.39 is 11.6 Å². The molecule has 0 bridgehead atoms. The first kappa shape index (κ1) is 14.1. The molecule has 1 N–H and O–H groups in total. The lowest BCUT2D eigenvalue weighted by Gasteiger charge is -2.32. The van der Waals surface area contributed by atoms with E-state index in [1.165, 1.54) is 0 Å². The standard InChI is InChI=1S/C14H21F2N/c1-6-17-13(14(3,4)5)10-7-9(2)11(15)8-12(10)16/h7-8,13,17H,6H2,1-5H3. The topological polar surface area (TPSA) is 12.0 Å². The van der Waals surface area contributed by atoms with Crippen molar-refractivity contribution in [1.82, 2.24) is 5.32 Å². The number of hydrogen-bond acceptors (Lipinski definition) is 1. The van der Waals surface area contributed by atoms with Crippen LogP contribution < -0.4 is 5.32 Å². The molecule has 17 heavy (non-hydrogen) atoms. The van der Waals surface area contributed by atoms with Crippen LogP contribution in [-0.4, -0.2) is 6.54 Å². The minimum Gasteiger partial charge on any atom is -0.310 e. The predicted octanol–water partition coefficient (Wildman–Crippen LogP) is 3.97. The van der Waals surface area contributed by atoms with Crippen LogP contribution in [0.1, 0.15) is 44.9 Å². The van der Waals surface area contributed by atoms with Crippen molar-refractivity contribution in [3.05, 3.63) is 34.9 Å². The first-order valence-corrected chi connectivity index (χ1v) is 5.96. The molecule has 1 aromatic carbocycles. The first-order valence-electron chi connectivity index (χ1n) is 5.96. The normalized spacial score (nSPS) is 13.8. The highest BCUT2D eigenvalue weighted by Gasteiger charge is 2.28. The van der Waals surface area contributed by atoms with Crippen molar-refractivity contribution in [3.8, 4) is 0 Å². The second-order valence-electron chi connectivity index (χ2n) is 5.48. The Hall–Kier alpha value is -0.960. The molecule has 1 nitrogen and oxygen atoms in total. The lowest BCUT2D eigenvalue weighted by Crippen LogP contribution is -2.33. The first-order chi connectivity index (χ1) is 7.77. The zero-order chi connectivity index (χ0) is 13.2. The van der Waals surface area contributed by atoms with E-state index in [-0.39, 0.29) is 11.5 Å². The molecular formula is C14H21F2N. The summed E-state index contributed by atoms with van der Waals surface area (Å²) in [5.41, 5.74) is 0.896. The third kappa shape index (κ3) is 3.25. The van der Waals surface area contributed by atoms with Gasteiger partial charge in [0, 0.05) is 17.7 Å². The van der Waals surface area contributed by atoms with E-state index in [0.29, 0.717) is 11.1 Å². The maximum Gasteiger partial charge on any atom is 0.130 e. The summed E-state index contributed by atoms with van der Waals surface area (Å²) in [5, 5.41) is 3.26. The zero-order valence-corrected chi connectivity index (χ0v) is 11.2. The van der Waals surface area contributed by atoms with E-state index in [1.54, 1.807) is 13.0 Å². The molecule has 0 fully saturated rings. The van der Waals surface area contributed by atoms with Crippen molar-refractivity contribution < 1.29 is 8.78 Å². The largest absolute Gasteiger partial charge is 0.310 e. The Balaban J connectivity index is 3.23. The van der Waals surface area contributed by atoms with Crippen LogP contribution in [0, 0.1) is 24.0 Å². The third-order valence-electron chi connectivity index (χ3n) is 2.86. The van der Waals surface area contributed by atoms with Gasteiger partial charge in [-0.05, 0) is 30.5 Å². The number of aryl methyl sites for hydroxylation is 1. The molecule has 1 unspecified atom stereocenters. The van der Waals surface area contributed by atoms with Gasteiger partial charge in [0.15, 0.2) is 0 Å². The molecule has 0 aromatic heterocycles. The molecule has 0 heterocycles. The predicted molar refractivity (Wildman–Crippen MR) is 67.0 cm³/mol. The highest BCUT2D eigenvalue weighted by atomic mass is 19.1. The van der Waals surface area contributed by atoms with E-state index in [2.05, 4.69) is 5.32 Å². The third-order valence-corrected chi connectivity index (χ3v) is 2.86. The fraction of sp³-hybridized carbons (Fsp3) is 0.571. The summed E-state index contributed by atoms with van der Waals surface area (Å²) in [4.78, 5) is 0. The van der Waals surface area contributed by atoms with Gasteiger partial charge in [-0.15, -0.1) is 0 Å². The Morgan fingerprint density at radius 2 is 1.76 bits per heavy atom. The number of nitrogens with one attached hydrogen (secondary N) is 1. The summed E-state index contributed by atoms with van der Waals surface area (Å²) < 4.78 is 27.1. The molecule has 0 aliphatic rings. The Morgan fingerprint density at radius 3 is 2.24 bits per heavy atom. The van der Waals surface area contributed by atoms with Crippen molar-refractivity contribution in [2.45, 2.75) is 40.7 Å². The van der Waals surface area contributed by atoms with E-state index >= 15 is 0 Å². The molecule has 0 radical (unpaired) electrons. The van der Waals surface area contributed by atoms with Gasteiger partial charge in [0.2, 0.25) is 0 Å². The molecular weight excluding hydrogens is 220 g/mol. The van der Waals surface area contributed by atoms with Gasteiger partial charge in [0.25, 0.3) is 0 Å². The number of hydrogen-bond donors (Lipinski definition) is 1. The van der Waals surface area contributed by atoms with Gasteiger partial charge in [-0.3, -0.25) is 0 Å². The van der Waals surface area contributed by atoms with Gasteiger partial charge in [0.05, 0.1) is 0 Å². The molecule has 0 aliphatic carbocycles. The lowest BCUT2D eigenvalue weighted by atomic mass is 9.81. The SMILES string of the molecule is CCNC(c1cc(C)c(F)cc1F)C(C)(C)C. The quantitative estimate of drug-likeness (QED) is 0.844. The Morgan fingerprint density at radius 1 is 1.18 bits per heavy atom. The second-order valence-corrected chi connectivity index (χ2v) is 5.48. The highest BCUT2D eigenvalue weighted by molar-refractivity contribution is 5.29. The summed E-state index contributed by atoms with van der Waals surface area (Å²) in [6.07, 6.45) is 0. The highest BCUT2D eigenvalue weighted by Crippen LogP contribution is 2.34. The van der Waals surface area contributed by atoms with Crippen LogP contribution >= 0.6 is 0 Å². The molecule has 0 spiro atoms. The monoisotopic (exact) mass is 241 g/mol. The summed E-state index contributed by atoms with van der Waals surface area (Å²) in [6, 6.07) is 2.45. The minimum atomic E-state index is -0.490. The van der Waals surface area contributed by atoms with Gasteiger partial charge >= 0.3 is 0 Å². The van der Waals surface area contributed by atoms with Crippen LogP contribution in [0.15, 0.2) is 12.1 Å². The fourth-order valence-electron chi connectivity index (χ4n) is 1.99. The Labute approximate surface area is 102 Å². The van der Waals surface area contributed by atoms with Crippen LogP contribution in [0.25, 0.3) is 0 Å². The Kier molecular flexibility index (Phi) is 4.26. The van der Waals surface area contributed by atoms with Crippen LogP contribution in [0.5, 0.6) is 0 Å². The number of benzene rings is 1. The molecule has 0 aliphatic heterocycles. The average Bonchev–Trinajstić information content (AvgIpc) is 2.19. The maximum atomic E-state index is 13.9. The maximum absolute atomic E-state index is 13.9. The minimum absolute atomic E-state index is 0.119. The van der Waals surface area contributed by atoms with Crippen molar-refractivity contribution in [2.75, 3.05) is 6.54 Å². The zero-order valence-electron chi connectivity index (χ0n) is 11.2. The summed E-state index contributed by atoms with van der Waals surface area (Å²) in [6.45, 7) is 10.5. The van der Waals surface area contributed by atoms with Crippen LogP contribution in [0.4, 0.5) is 8.78 Å². The summed E-state index contributed by atoms with van der Waals surface area (Å²) >= 11 is 0. The average molecular weight is 241 g/mol. The van der Waals surface area contributed by atoms with Crippen LogP contribution in [-0.2, 0) is 0 Å². The van der Waals surface area contributed by atoms with Crippen molar-refractivity contribution in [3.63, 3.8) is 0 Å². The molecule has 1 aromatic rings. The number of halogens is 2. The van der Waals surface area contributed by atoms with E-state index in [0.717, 1.165) is 12.6 Å². The fourth-order valence-corrected chi connectivity index (χ4v) is 1.99. The lowest BCUT2D eigenvalue weighted by molar-refractivity contribution is 0.269. The van der Waals surface area contributed by atoms with Crippen molar-refractivity contribution in [1.29, 1.82) is 0 Å². The second kappa shape index (κ2) is 5.13. The summed E-state index contributed by atoms with van der Waals surface area (Å²) in [5.74, 6) is -0.968. The van der Waals surface area contributed by atoms with E-state index in [1.807, 2.05) is 27.7 Å². The van der Waals surface area contributed by atoms with Gasteiger partial charge in [-0.2, -0.15) is 0 Å². The van der Waals surface area contributed by atoms with Crippen LogP contribution in [0.3, 0.4) is 0 Å². The Bertz CT molecular complexity index is 394. The molecule has 96 valence electrons. The smallest absolute Gasteiger partial charge is 0.130 e. The molecule has 1 atom stereocenters. The van der Waals surface area contributed by atoms with Gasteiger partial charge < -0.3 is 5.32 Å². The van der Waals surface area contributed by atoms with E-state index in [9.17, 15) is 8.78 Å². The van der Waals surface area contributed by atoms with Gasteiger partial charge in [0.1, 0.15) is 11.6 Å². The van der Waals surface area contributed by atoms with Crippen LogP contribution in [0.2, 0.25) is 0 Å². The van der Waals surface area contributed by atoms with Gasteiger partial charge in [-0.1, -0.05) is 27.7 Å². The molecule has 3 heteroatoms. The van der Waals surface area contributed by atoms with Crippen molar-refractivity contribution in [2.24, 2.45) is 5.41 Å². The molecule has 0 saturated heterocycles. The van der Waals surface area contributed by atoms with Crippen molar-refractivity contribution >= 4 is 0 Å². The molecule has 0 saturated carbocycles. The van der Waals surface area contributed by atoms with Gasteiger partial charge in [-0.25, -0.2) is 8.78 Å². The molecule has 1 rings (SSSR count). The molecule has 0 amide bonds. The number of rotatable bonds is 3.